The Hall–Kier alpha value is -4.67. The van der Waals surface area contributed by atoms with E-state index in [1.54, 1.807) is 29.1 Å². The second-order valence-corrected chi connectivity index (χ2v) is 9.87. The zero-order valence-electron chi connectivity index (χ0n) is 22.4. The van der Waals surface area contributed by atoms with E-state index in [1.807, 2.05) is 79.7 Å². The van der Waals surface area contributed by atoms with Crippen LogP contribution in [0.15, 0.2) is 97.3 Å². The Kier molecular flexibility index (Phi) is 9.50. The molecule has 1 unspecified atom stereocenters. The van der Waals surface area contributed by atoms with E-state index >= 15 is 0 Å². The minimum Gasteiger partial charge on any atom is -0.481 e. The summed E-state index contributed by atoms with van der Waals surface area (Å²) in [6, 6.07) is 27.3. The van der Waals surface area contributed by atoms with E-state index in [0.717, 1.165) is 27.8 Å². The fraction of sp³-hybridized carbons (Fsp3) is 0.242. The number of carbonyl (C=O) groups excluding carboxylic acids is 1. The molecule has 204 valence electrons. The van der Waals surface area contributed by atoms with Crippen molar-refractivity contribution in [3.05, 3.63) is 108 Å². The quantitative estimate of drug-likeness (QED) is 0.223. The van der Waals surface area contributed by atoms with Gasteiger partial charge in [-0.1, -0.05) is 80.1 Å². The monoisotopic (exact) mass is 535 g/mol. The maximum absolute atomic E-state index is 13.6. The molecule has 0 saturated carbocycles. The molecule has 0 fully saturated rings. The number of aliphatic hydroxyl groups is 1. The van der Waals surface area contributed by atoms with Gasteiger partial charge >= 0.3 is 5.97 Å². The van der Waals surface area contributed by atoms with Crippen molar-refractivity contribution >= 4 is 11.9 Å². The number of nitrogens with one attached hydrogen (secondary N) is 1. The second-order valence-electron chi connectivity index (χ2n) is 9.87. The normalized spacial score (nSPS) is 13.1. The van der Waals surface area contributed by atoms with Gasteiger partial charge in [-0.15, -0.1) is 0 Å². The molecule has 4 rings (SSSR count). The fourth-order valence-electron chi connectivity index (χ4n) is 4.95. The molecule has 0 aliphatic rings. The second kappa shape index (κ2) is 13.4. The number of aliphatic carboxylic acids is 1. The average Bonchev–Trinajstić information content (AvgIpc) is 3.47. The molecule has 40 heavy (non-hydrogen) atoms. The van der Waals surface area contributed by atoms with Gasteiger partial charge in [0.15, 0.2) is 0 Å². The number of amides is 1. The summed E-state index contributed by atoms with van der Waals surface area (Å²) >= 11 is 0. The molecule has 0 aliphatic heterocycles. The van der Waals surface area contributed by atoms with E-state index in [9.17, 15) is 19.8 Å². The van der Waals surface area contributed by atoms with Crippen LogP contribution in [0, 0.1) is 17.2 Å². The third-order valence-corrected chi connectivity index (χ3v) is 7.06. The maximum Gasteiger partial charge on any atom is 0.309 e. The summed E-state index contributed by atoms with van der Waals surface area (Å²) in [5.41, 5.74) is 5.36. The molecule has 0 aliphatic carbocycles. The number of nitrogens with zero attached hydrogens (tertiary/aromatic N) is 2. The zero-order valence-corrected chi connectivity index (χ0v) is 22.4. The maximum atomic E-state index is 13.6. The predicted octanol–water partition coefficient (Wildman–Crippen LogP) is 5.46. The van der Waals surface area contributed by atoms with Crippen molar-refractivity contribution in [1.82, 2.24) is 9.88 Å². The molecule has 7 nitrogen and oxygen atoms in total. The molecule has 0 bridgehead atoms. The highest BCUT2D eigenvalue weighted by Gasteiger charge is 2.35. The summed E-state index contributed by atoms with van der Waals surface area (Å²) < 4.78 is 1.67. The number of aliphatic hydroxyl groups excluding tert-OH is 1. The van der Waals surface area contributed by atoms with Crippen molar-refractivity contribution in [2.75, 3.05) is 6.61 Å². The summed E-state index contributed by atoms with van der Waals surface area (Å²) in [7, 11) is 0. The lowest BCUT2D eigenvalue weighted by atomic mass is 9.93. The summed E-state index contributed by atoms with van der Waals surface area (Å²) in [6.45, 7) is 1.63. The Morgan fingerprint density at radius 3 is 2.05 bits per heavy atom. The lowest BCUT2D eigenvalue weighted by Gasteiger charge is -2.27. The highest BCUT2D eigenvalue weighted by molar-refractivity contribution is 5.86. The van der Waals surface area contributed by atoms with E-state index < -0.39 is 29.9 Å². The van der Waals surface area contributed by atoms with Gasteiger partial charge in [0, 0.05) is 12.4 Å². The predicted molar refractivity (Wildman–Crippen MR) is 154 cm³/mol. The number of nitriles is 1. The van der Waals surface area contributed by atoms with Crippen molar-refractivity contribution in [1.29, 1.82) is 5.26 Å². The van der Waals surface area contributed by atoms with Crippen LogP contribution in [-0.4, -0.2) is 39.3 Å². The highest BCUT2D eigenvalue weighted by Crippen LogP contribution is 2.30. The molecule has 7 heteroatoms. The van der Waals surface area contributed by atoms with Gasteiger partial charge in [-0.05, 0) is 58.9 Å². The van der Waals surface area contributed by atoms with E-state index in [2.05, 4.69) is 11.4 Å². The summed E-state index contributed by atoms with van der Waals surface area (Å²) in [6.07, 6.45) is 4.92. The van der Waals surface area contributed by atoms with Crippen LogP contribution in [0.2, 0.25) is 0 Å². The van der Waals surface area contributed by atoms with Crippen LogP contribution in [0.1, 0.15) is 36.9 Å². The van der Waals surface area contributed by atoms with Gasteiger partial charge in [-0.3, -0.25) is 9.59 Å². The number of hydrogen-bond acceptors (Lipinski definition) is 4. The lowest BCUT2D eigenvalue weighted by Crippen LogP contribution is -2.46. The van der Waals surface area contributed by atoms with Crippen molar-refractivity contribution in [3.63, 3.8) is 0 Å². The highest BCUT2D eigenvalue weighted by atomic mass is 16.4. The first-order chi connectivity index (χ1) is 19.4. The SMILES string of the molecule is CCCC(C(=O)O)[C@H](C(=O)N[C@H](CO)Cc1ccccc1)n1ccc(-c2ccc(-c3ccc(C#N)cc3)cc2)c1. The molecule has 4 aromatic rings. The molecule has 0 radical (unpaired) electrons. The van der Waals surface area contributed by atoms with Crippen LogP contribution in [0.3, 0.4) is 0 Å². The smallest absolute Gasteiger partial charge is 0.309 e. The Bertz CT molecular complexity index is 1450. The van der Waals surface area contributed by atoms with Crippen LogP contribution in [0.25, 0.3) is 22.3 Å². The van der Waals surface area contributed by atoms with Gasteiger partial charge in [0.2, 0.25) is 5.91 Å². The molecular formula is C33H33N3O4. The van der Waals surface area contributed by atoms with Crippen LogP contribution < -0.4 is 5.32 Å². The molecular weight excluding hydrogens is 502 g/mol. The first-order valence-electron chi connectivity index (χ1n) is 13.4. The number of aromatic nitrogens is 1. The fourth-order valence-corrected chi connectivity index (χ4v) is 4.95. The van der Waals surface area contributed by atoms with Crippen molar-refractivity contribution in [3.8, 4) is 28.3 Å². The molecule has 0 spiro atoms. The van der Waals surface area contributed by atoms with Crippen LogP contribution in [0.4, 0.5) is 0 Å². The lowest BCUT2D eigenvalue weighted by molar-refractivity contribution is -0.147. The first kappa shape index (κ1) is 28.3. The Labute approximate surface area is 234 Å². The molecule has 1 amide bonds. The Balaban J connectivity index is 1.58. The van der Waals surface area contributed by atoms with Crippen molar-refractivity contribution < 1.29 is 19.8 Å². The zero-order chi connectivity index (χ0) is 28.5. The van der Waals surface area contributed by atoms with Gasteiger partial charge < -0.3 is 20.1 Å². The van der Waals surface area contributed by atoms with E-state index in [0.29, 0.717) is 24.8 Å². The number of hydrogen-bond donors (Lipinski definition) is 3. The Morgan fingerprint density at radius 1 is 0.900 bits per heavy atom. The summed E-state index contributed by atoms with van der Waals surface area (Å²) in [4.78, 5) is 25.9. The molecule has 3 aromatic carbocycles. The van der Waals surface area contributed by atoms with Gasteiger partial charge in [0.05, 0.1) is 30.2 Å². The van der Waals surface area contributed by atoms with E-state index in [4.69, 9.17) is 5.26 Å². The van der Waals surface area contributed by atoms with Gasteiger partial charge in [-0.25, -0.2) is 0 Å². The van der Waals surface area contributed by atoms with Gasteiger partial charge in [-0.2, -0.15) is 5.26 Å². The standard InChI is InChI=1S/C33H33N3O4/c1-2-6-30(33(39)40)31(32(38)35-29(22-37)19-23-7-4-3-5-8-23)36-18-17-28(21-36)27-15-13-26(14-16-27)25-11-9-24(20-34)10-12-25/h3-5,7-18,21,29-31,37H,2,6,19,22H2,1H3,(H,35,38)(H,39,40)/t29-,30?,31+/m0/s1. The molecule has 0 saturated heterocycles. The topological polar surface area (TPSA) is 115 Å². The third-order valence-electron chi connectivity index (χ3n) is 7.06. The number of benzene rings is 3. The number of carboxylic acids is 1. The molecule has 1 aromatic heterocycles. The minimum atomic E-state index is -1.03. The van der Waals surface area contributed by atoms with Crippen LogP contribution in [-0.2, 0) is 16.0 Å². The number of rotatable bonds is 12. The first-order valence-corrected chi connectivity index (χ1v) is 13.4. The number of carboxylic acid groups (broad SMARTS) is 1. The summed E-state index contributed by atoms with van der Waals surface area (Å²) in [5, 5.41) is 31.9. The van der Waals surface area contributed by atoms with Crippen LogP contribution >= 0.6 is 0 Å². The minimum absolute atomic E-state index is 0.263. The van der Waals surface area contributed by atoms with Crippen LogP contribution in [0.5, 0.6) is 0 Å². The molecule has 3 atom stereocenters. The summed E-state index contributed by atoms with van der Waals surface area (Å²) in [5.74, 6) is -2.40. The Morgan fingerprint density at radius 2 is 1.50 bits per heavy atom. The van der Waals surface area contributed by atoms with Crippen molar-refractivity contribution in [2.24, 2.45) is 5.92 Å². The average molecular weight is 536 g/mol. The third kappa shape index (κ3) is 6.85. The van der Waals surface area contributed by atoms with E-state index in [-0.39, 0.29) is 6.61 Å². The van der Waals surface area contributed by atoms with Gasteiger partial charge in [0.1, 0.15) is 6.04 Å². The molecule has 1 heterocycles. The van der Waals surface area contributed by atoms with Gasteiger partial charge in [0.25, 0.3) is 0 Å². The number of carbonyl (C=O) groups is 2. The molecule has 3 N–H and O–H groups in total. The van der Waals surface area contributed by atoms with E-state index in [1.165, 1.54) is 0 Å². The van der Waals surface area contributed by atoms with Crippen molar-refractivity contribution in [2.45, 2.75) is 38.3 Å². The largest absolute Gasteiger partial charge is 0.481 e.